The summed E-state index contributed by atoms with van der Waals surface area (Å²) >= 11 is 1.27. The number of nitrogens with zero attached hydrogens (tertiary/aromatic N) is 1. The predicted octanol–water partition coefficient (Wildman–Crippen LogP) is 3.90. The van der Waals surface area contributed by atoms with Crippen LogP contribution in [0.1, 0.15) is 9.80 Å². The van der Waals surface area contributed by atoms with Crippen molar-refractivity contribution in [2.45, 2.75) is 0 Å². The van der Waals surface area contributed by atoms with Gasteiger partial charge in [-0.25, -0.2) is 4.98 Å². The quantitative estimate of drug-likeness (QED) is 0.730. The first kappa shape index (κ1) is 12.6. The van der Waals surface area contributed by atoms with Crippen LogP contribution in [0.3, 0.4) is 0 Å². The highest BCUT2D eigenvalue weighted by atomic mass is 32.1. The second-order valence-electron chi connectivity index (χ2n) is 4.26. The van der Waals surface area contributed by atoms with Crippen LogP contribution in [0.4, 0.5) is 0 Å². The summed E-state index contributed by atoms with van der Waals surface area (Å²) in [4.78, 5) is 16.5. The molecule has 0 unspecified atom stereocenters. The van der Waals surface area contributed by atoms with E-state index in [1.54, 1.807) is 0 Å². The summed E-state index contributed by atoms with van der Waals surface area (Å²) in [6.07, 6.45) is 0. The molecule has 0 bridgehead atoms. The maximum Gasteiger partial charge on any atom is 0.298 e. The van der Waals surface area contributed by atoms with Crippen molar-refractivity contribution in [1.82, 2.24) is 10.7 Å². The molecule has 0 aliphatic rings. The first-order valence-electron chi connectivity index (χ1n) is 6.13. The largest absolute Gasteiger partial charge is 0.298 e. The molecule has 0 fully saturated rings. The maximum absolute atomic E-state index is 11.3. The van der Waals surface area contributed by atoms with Gasteiger partial charge in [0.15, 0.2) is 5.01 Å². The third kappa shape index (κ3) is 2.33. The van der Waals surface area contributed by atoms with Crippen molar-refractivity contribution in [1.29, 1.82) is 0 Å². The SMILES string of the molecule is [NH]C(=O)c1nc(-c2ccccc2)c(-c2ccccc2)s1. The topological polar surface area (TPSA) is 53.8 Å². The molecule has 0 aliphatic heterocycles. The molecule has 0 atom stereocenters. The van der Waals surface area contributed by atoms with Gasteiger partial charge in [0.25, 0.3) is 5.91 Å². The Kier molecular flexibility index (Phi) is 3.31. The summed E-state index contributed by atoms with van der Waals surface area (Å²) in [5.41, 5.74) is 9.99. The van der Waals surface area contributed by atoms with Crippen molar-refractivity contribution in [3.63, 3.8) is 0 Å². The molecule has 3 aromatic rings. The monoisotopic (exact) mass is 279 g/mol. The minimum absolute atomic E-state index is 0.225. The van der Waals surface area contributed by atoms with Crippen LogP contribution in [0.2, 0.25) is 0 Å². The van der Waals surface area contributed by atoms with Crippen LogP contribution in [0.5, 0.6) is 0 Å². The van der Waals surface area contributed by atoms with Crippen molar-refractivity contribution in [3.8, 4) is 21.7 Å². The first-order chi connectivity index (χ1) is 9.75. The lowest BCUT2D eigenvalue weighted by Gasteiger charge is -2.02. The number of benzene rings is 2. The number of aromatic nitrogens is 1. The van der Waals surface area contributed by atoms with Crippen LogP contribution < -0.4 is 5.73 Å². The number of carbonyl (C=O) groups is 1. The van der Waals surface area contributed by atoms with Gasteiger partial charge in [0.1, 0.15) is 0 Å². The van der Waals surface area contributed by atoms with Gasteiger partial charge < -0.3 is 0 Å². The maximum atomic E-state index is 11.3. The molecule has 1 heterocycles. The molecule has 2 aromatic carbocycles. The Hall–Kier alpha value is -2.46. The van der Waals surface area contributed by atoms with Gasteiger partial charge in [-0.05, 0) is 5.56 Å². The van der Waals surface area contributed by atoms with Crippen LogP contribution in [0.15, 0.2) is 60.7 Å². The number of nitrogens with one attached hydrogen (secondary N) is 1. The van der Waals surface area contributed by atoms with Crippen molar-refractivity contribution in [2.75, 3.05) is 0 Å². The van der Waals surface area contributed by atoms with E-state index in [0.717, 1.165) is 21.7 Å². The molecule has 1 aromatic heterocycles. The normalized spacial score (nSPS) is 10.4. The molecule has 0 spiro atoms. The van der Waals surface area contributed by atoms with E-state index in [2.05, 4.69) is 4.98 Å². The summed E-state index contributed by atoms with van der Waals surface area (Å²) in [6.45, 7) is 0. The summed E-state index contributed by atoms with van der Waals surface area (Å²) in [6, 6.07) is 19.5. The lowest BCUT2D eigenvalue weighted by atomic mass is 10.1. The summed E-state index contributed by atoms with van der Waals surface area (Å²) in [5, 5.41) is 0.225. The predicted molar refractivity (Wildman–Crippen MR) is 80.4 cm³/mol. The zero-order chi connectivity index (χ0) is 13.9. The molecule has 1 amide bonds. The van der Waals surface area contributed by atoms with Gasteiger partial charge in [0.2, 0.25) is 0 Å². The van der Waals surface area contributed by atoms with Gasteiger partial charge in [0, 0.05) is 5.56 Å². The second-order valence-corrected chi connectivity index (χ2v) is 5.26. The Morgan fingerprint density at radius 2 is 1.45 bits per heavy atom. The first-order valence-corrected chi connectivity index (χ1v) is 6.95. The molecule has 0 aliphatic carbocycles. The molecule has 20 heavy (non-hydrogen) atoms. The van der Waals surface area contributed by atoms with Gasteiger partial charge in [0.05, 0.1) is 10.6 Å². The Labute approximate surface area is 120 Å². The fourth-order valence-corrected chi connectivity index (χ4v) is 2.93. The van der Waals surface area contributed by atoms with Crippen molar-refractivity contribution < 1.29 is 4.79 Å². The molecular formula is C16H11N2OS. The third-order valence-electron chi connectivity index (χ3n) is 2.90. The minimum atomic E-state index is -0.741. The molecule has 3 rings (SSSR count). The van der Waals surface area contributed by atoms with Crippen molar-refractivity contribution in [2.24, 2.45) is 0 Å². The van der Waals surface area contributed by atoms with Gasteiger partial charge in [-0.2, -0.15) is 0 Å². The standard InChI is InChI=1S/C16H11N2OS/c17-15(19)16-18-13(11-7-3-1-4-8-11)14(20-16)12-9-5-2-6-10-12/h1-10,17H. The average Bonchev–Trinajstić information content (AvgIpc) is 2.94. The highest BCUT2D eigenvalue weighted by Gasteiger charge is 2.17. The molecule has 97 valence electrons. The fourth-order valence-electron chi connectivity index (χ4n) is 1.99. The average molecular weight is 279 g/mol. The van der Waals surface area contributed by atoms with Crippen LogP contribution in [0, 0.1) is 0 Å². The van der Waals surface area contributed by atoms with Crippen LogP contribution in [0.25, 0.3) is 21.7 Å². The van der Waals surface area contributed by atoms with E-state index in [0.29, 0.717) is 0 Å². The zero-order valence-corrected chi connectivity index (χ0v) is 11.4. The van der Waals surface area contributed by atoms with E-state index in [-0.39, 0.29) is 5.01 Å². The Morgan fingerprint density at radius 1 is 0.900 bits per heavy atom. The smallest absolute Gasteiger partial charge is 0.265 e. The molecule has 4 heteroatoms. The molecule has 0 saturated carbocycles. The molecule has 1 radical (unpaired) electrons. The van der Waals surface area contributed by atoms with E-state index < -0.39 is 5.91 Å². The van der Waals surface area contributed by atoms with Crippen molar-refractivity contribution >= 4 is 17.2 Å². The minimum Gasteiger partial charge on any atom is -0.265 e. The van der Waals surface area contributed by atoms with E-state index in [1.807, 2.05) is 60.7 Å². The summed E-state index contributed by atoms with van der Waals surface area (Å²) < 4.78 is 0. The van der Waals surface area contributed by atoms with E-state index in [9.17, 15) is 4.79 Å². The van der Waals surface area contributed by atoms with E-state index in [1.165, 1.54) is 11.3 Å². The summed E-state index contributed by atoms with van der Waals surface area (Å²) in [7, 11) is 0. The fraction of sp³-hybridized carbons (Fsp3) is 0. The van der Waals surface area contributed by atoms with Gasteiger partial charge in [-0.15, -0.1) is 11.3 Å². The lowest BCUT2D eigenvalue weighted by molar-refractivity contribution is 0.0992. The number of rotatable bonds is 3. The molecule has 1 N–H and O–H groups in total. The van der Waals surface area contributed by atoms with Crippen LogP contribution >= 0.6 is 11.3 Å². The van der Waals surface area contributed by atoms with Crippen LogP contribution in [-0.2, 0) is 0 Å². The Morgan fingerprint density at radius 3 is 2.00 bits per heavy atom. The second kappa shape index (κ2) is 5.27. The highest BCUT2D eigenvalue weighted by Crippen LogP contribution is 2.36. The third-order valence-corrected chi connectivity index (χ3v) is 4.01. The number of hydrogen-bond acceptors (Lipinski definition) is 3. The zero-order valence-electron chi connectivity index (χ0n) is 10.5. The number of thiazole rings is 1. The number of amides is 1. The molecule has 3 nitrogen and oxygen atoms in total. The Bertz CT molecular complexity index is 679. The Balaban J connectivity index is 2.20. The number of hydrogen-bond donors (Lipinski definition) is 0. The van der Waals surface area contributed by atoms with Gasteiger partial charge >= 0.3 is 0 Å². The molecular weight excluding hydrogens is 268 g/mol. The van der Waals surface area contributed by atoms with Crippen LogP contribution in [-0.4, -0.2) is 10.9 Å². The lowest BCUT2D eigenvalue weighted by Crippen LogP contribution is -1.96. The van der Waals surface area contributed by atoms with Gasteiger partial charge in [-0.3, -0.25) is 10.5 Å². The molecule has 0 saturated heterocycles. The number of carbonyl (C=O) groups excluding carboxylic acids is 1. The van der Waals surface area contributed by atoms with E-state index in [4.69, 9.17) is 5.73 Å². The van der Waals surface area contributed by atoms with Gasteiger partial charge in [-0.1, -0.05) is 60.7 Å². The van der Waals surface area contributed by atoms with Crippen molar-refractivity contribution in [3.05, 3.63) is 65.7 Å². The highest BCUT2D eigenvalue weighted by molar-refractivity contribution is 7.17. The summed E-state index contributed by atoms with van der Waals surface area (Å²) in [5.74, 6) is -0.741. The van der Waals surface area contributed by atoms with E-state index >= 15 is 0 Å².